The molecule has 0 spiro atoms. The highest BCUT2D eigenvalue weighted by Gasteiger charge is 2.17. The van der Waals surface area contributed by atoms with Gasteiger partial charge in [0, 0.05) is 18.7 Å². The maximum Gasteiger partial charge on any atom is 0.165 e. The van der Waals surface area contributed by atoms with Crippen LogP contribution >= 0.6 is 0 Å². The molecule has 1 heterocycles. The van der Waals surface area contributed by atoms with Crippen LogP contribution in [0.3, 0.4) is 0 Å². The van der Waals surface area contributed by atoms with Crippen molar-refractivity contribution in [2.24, 2.45) is 5.92 Å². The van der Waals surface area contributed by atoms with Crippen molar-refractivity contribution in [1.82, 2.24) is 10.2 Å². The van der Waals surface area contributed by atoms with Crippen molar-refractivity contribution >= 4 is 0 Å². The van der Waals surface area contributed by atoms with E-state index in [4.69, 9.17) is 9.47 Å². The molecule has 0 aliphatic carbocycles. The fourth-order valence-electron chi connectivity index (χ4n) is 2.94. The molecule has 1 aliphatic heterocycles. The summed E-state index contributed by atoms with van der Waals surface area (Å²) in [5.74, 6) is 2.46. The number of hydrogen-bond acceptors (Lipinski definition) is 4. The number of methoxy groups -OCH3 is 2. The Morgan fingerprint density at radius 1 is 1.20 bits per heavy atom. The number of rotatable bonds is 6. The lowest BCUT2D eigenvalue weighted by atomic mass is 9.97. The first-order valence-electron chi connectivity index (χ1n) is 7.33. The van der Waals surface area contributed by atoms with Gasteiger partial charge in [0.05, 0.1) is 14.2 Å². The minimum absolute atomic E-state index is 0.804. The lowest BCUT2D eigenvalue weighted by molar-refractivity contribution is 0.231. The first-order chi connectivity index (χ1) is 9.74. The largest absolute Gasteiger partial charge is 0.493 e. The van der Waals surface area contributed by atoms with Crippen molar-refractivity contribution in [2.75, 3.05) is 40.9 Å². The van der Waals surface area contributed by atoms with E-state index in [2.05, 4.69) is 23.3 Å². The van der Waals surface area contributed by atoms with Gasteiger partial charge in [0.25, 0.3) is 0 Å². The van der Waals surface area contributed by atoms with Gasteiger partial charge in [-0.2, -0.15) is 0 Å². The molecule has 0 unspecified atom stereocenters. The zero-order valence-electron chi connectivity index (χ0n) is 12.8. The summed E-state index contributed by atoms with van der Waals surface area (Å²) >= 11 is 0. The van der Waals surface area contributed by atoms with Crippen LogP contribution in [0.15, 0.2) is 18.2 Å². The summed E-state index contributed by atoms with van der Waals surface area (Å²) < 4.78 is 10.9. The minimum atomic E-state index is 0.804. The first kappa shape index (κ1) is 15.1. The van der Waals surface area contributed by atoms with Gasteiger partial charge in [-0.15, -0.1) is 0 Å². The number of hydrogen-bond donors (Lipinski definition) is 1. The molecular formula is C16H26N2O2. The van der Waals surface area contributed by atoms with Crippen molar-refractivity contribution < 1.29 is 9.47 Å². The van der Waals surface area contributed by atoms with Crippen molar-refractivity contribution in [3.8, 4) is 11.5 Å². The number of ether oxygens (including phenoxy) is 2. The molecule has 2 rings (SSSR count). The van der Waals surface area contributed by atoms with Crippen LogP contribution in [0.1, 0.15) is 18.4 Å². The molecule has 0 radical (unpaired) electrons. The maximum absolute atomic E-state index is 5.50. The van der Waals surface area contributed by atoms with Gasteiger partial charge in [-0.05, 0) is 45.0 Å². The van der Waals surface area contributed by atoms with E-state index in [9.17, 15) is 0 Å². The van der Waals surface area contributed by atoms with Crippen LogP contribution < -0.4 is 14.8 Å². The topological polar surface area (TPSA) is 33.7 Å². The summed E-state index contributed by atoms with van der Waals surface area (Å²) in [6.07, 6.45) is 2.55. The highest BCUT2D eigenvalue weighted by Crippen LogP contribution is 2.31. The lowest BCUT2D eigenvalue weighted by Gasteiger charge is -2.28. The molecule has 112 valence electrons. The molecule has 4 heteroatoms. The quantitative estimate of drug-likeness (QED) is 0.864. The Labute approximate surface area is 122 Å². The zero-order valence-corrected chi connectivity index (χ0v) is 12.8. The Morgan fingerprint density at radius 3 is 2.60 bits per heavy atom. The number of para-hydroxylation sites is 1. The molecule has 0 amide bonds. The predicted octanol–water partition coefficient (Wildman–Crippen LogP) is 2.14. The number of piperidine rings is 1. The fraction of sp³-hybridized carbons (Fsp3) is 0.625. The van der Waals surface area contributed by atoms with E-state index in [1.165, 1.54) is 18.4 Å². The van der Waals surface area contributed by atoms with E-state index in [0.29, 0.717) is 0 Å². The number of benzene rings is 1. The SMILES string of the molecule is COc1cccc(CN(C)CC2CCNCC2)c1OC. The van der Waals surface area contributed by atoms with E-state index in [0.717, 1.165) is 43.6 Å². The summed E-state index contributed by atoms with van der Waals surface area (Å²) in [4.78, 5) is 2.38. The van der Waals surface area contributed by atoms with Gasteiger partial charge in [0.2, 0.25) is 0 Å². The van der Waals surface area contributed by atoms with Crippen LogP contribution in [0.2, 0.25) is 0 Å². The molecule has 1 fully saturated rings. The third-order valence-corrected chi connectivity index (χ3v) is 3.95. The molecule has 1 aliphatic rings. The van der Waals surface area contributed by atoms with Crippen LogP contribution in [0, 0.1) is 5.92 Å². The standard InChI is InChI=1S/C16H26N2O2/c1-18(11-13-7-9-17-10-8-13)12-14-5-4-6-15(19-2)16(14)20-3/h4-6,13,17H,7-12H2,1-3H3. The molecule has 20 heavy (non-hydrogen) atoms. The number of nitrogens with one attached hydrogen (secondary N) is 1. The van der Waals surface area contributed by atoms with E-state index in [1.807, 2.05) is 12.1 Å². The minimum Gasteiger partial charge on any atom is -0.493 e. The van der Waals surface area contributed by atoms with Gasteiger partial charge < -0.3 is 19.7 Å². The van der Waals surface area contributed by atoms with Crippen molar-refractivity contribution in [3.63, 3.8) is 0 Å². The molecule has 4 nitrogen and oxygen atoms in total. The van der Waals surface area contributed by atoms with Gasteiger partial charge in [-0.1, -0.05) is 12.1 Å². The molecule has 0 saturated carbocycles. The fourth-order valence-corrected chi connectivity index (χ4v) is 2.94. The van der Waals surface area contributed by atoms with Crippen molar-refractivity contribution in [2.45, 2.75) is 19.4 Å². The Morgan fingerprint density at radius 2 is 1.95 bits per heavy atom. The Bertz CT molecular complexity index is 417. The maximum atomic E-state index is 5.50. The summed E-state index contributed by atoms with van der Waals surface area (Å²) in [5, 5.41) is 3.42. The van der Waals surface area contributed by atoms with E-state index >= 15 is 0 Å². The average Bonchev–Trinajstić information content (AvgIpc) is 2.47. The van der Waals surface area contributed by atoms with Crippen LogP contribution in [0.25, 0.3) is 0 Å². The second-order valence-corrected chi connectivity index (χ2v) is 5.54. The molecule has 1 N–H and O–H groups in total. The molecular weight excluding hydrogens is 252 g/mol. The second kappa shape index (κ2) is 7.50. The molecule has 1 aromatic carbocycles. The average molecular weight is 278 g/mol. The molecule has 0 atom stereocenters. The van der Waals surface area contributed by atoms with Crippen molar-refractivity contribution in [3.05, 3.63) is 23.8 Å². The third kappa shape index (κ3) is 3.87. The van der Waals surface area contributed by atoms with Gasteiger partial charge in [0.1, 0.15) is 0 Å². The monoisotopic (exact) mass is 278 g/mol. The van der Waals surface area contributed by atoms with E-state index < -0.39 is 0 Å². The third-order valence-electron chi connectivity index (χ3n) is 3.95. The zero-order chi connectivity index (χ0) is 14.4. The predicted molar refractivity (Wildman–Crippen MR) is 81.5 cm³/mol. The summed E-state index contributed by atoms with van der Waals surface area (Å²) in [6.45, 7) is 4.34. The Hall–Kier alpha value is -1.26. The van der Waals surface area contributed by atoms with Gasteiger partial charge in [0.15, 0.2) is 11.5 Å². The van der Waals surface area contributed by atoms with Crippen molar-refractivity contribution in [1.29, 1.82) is 0 Å². The van der Waals surface area contributed by atoms with E-state index in [1.54, 1.807) is 14.2 Å². The molecule has 1 aromatic rings. The Kier molecular flexibility index (Phi) is 5.68. The number of nitrogens with zero attached hydrogens (tertiary/aromatic N) is 1. The van der Waals surface area contributed by atoms with E-state index in [-0.39, 0.29) is 0 Å². The van der Waals surface area contributed by atoms with Crippen LogP contribution in [0.5, 0.6) is 11.5 Å². The first-order valence-corrected chi connectivity index (χ1v) is 7.33. The van der Waals surface area contributed by atoms with Gasteiger partial charge in [-0.25, -0.2) is 0 Å². The van der Waals surface area contributed by atoms with Crippen LogP contribution in [-0.4, -0.2) is 45.8 Å². The van der Waals surface area contributed by atoms with Crippen LogP contribution in [0.4, 0.5) is 0 Å². The summed E-state index contributed by atoms with van der Waals surface area (Å²) in [7, 11) is 5.56. The second-order valence-electron chi connectivity index (χ2n) is 5.54. The normalized spacial score (nSPS) is 16.4. The molecule has 1 saturated heterocycles. The summed E-state index contributed by atoms with van der Waals surface area (Å²) in [6, 6.07) is 6.07. The van der Waals surface area contributed by atoms with Gasteiger partial charge >= 0.3 is 0 Å². The van der Waals surface area contributed by atoms with Crippen LogP contribution in [-0.2, 0) is 6.54 Å². The highest BCUT2D eigenvalue weighted by molar-refractivity contribution is 5.46. The lowest BCUT2D eigenvalue weighted by Crippen LogP contribution is -2.34. The molecule has 0 bridgehead atoms. The van der Waals surface area contributed by atoms with Gasteiger partial charge in [-0.3, -0.25) is 0 Å². The molecule has 0 aromatic heterocycles. The summed E-state index contributed by atoms with van der Waals surface area (Å²) in [5.41, 5.74) is 1.18. The highest BCUT2D eigenvalue weighted by atomic mass is 16.5. The Balaban J connectivity index is 1.97. The smallest absolute Gasteiger partial charge is 0.165 e.